The van der Waals surface area contributed by atoms with Crippen LogP contribution in [-0.2, 0) is 27.4 Å². The van der Waals surface area contributed by atoms with E-state index >= 15 is 0 Å². The topological polar surface area (TPSA) is 359 Å². The standard InChI is InChI=1S/C18H26N4O5.C9H9BrN2O3.C7H4BrNO3.C7H5BrO.C6H5BrN2O2.CH4.H3N/c1-13(23)19-12-14-11-15(5-6-16(14)22(25)26)20-7-9-21(10-8-20)17(24)27-18(2,3)4;1-6(13)11-5-7-4-8(10)2-3-9(7)12(14)15;8-6-1-2-7(9(11)12)5(3-6)4-10;8-7-3-1-2-6(4-7)5-9;7-4-1-2-6(9(10)11)5(8)3-4;;/h5-6,11H,7-10,12H2,1-4H3,(H,19,23);2-4H,5H2,1H3,(H,11,13);1-4H;1-5H;1-3H,8H2;1H4;1H3. The molecule has 1 saturated heterocycles. The SMILES string of the molecule is C.CC(=O)NCc1cc(Br)ccc1[N+](=O)[O-].CC(=O)NCc1cc(N2CCN(C(=O)OC(C)(C)C)CC2)ccc1[N+](=O)[O-].N.Nc1cc(Br)ccc1[N+](=O)[O-].O=Cc1cc(Br)ccc1[N+](=O)[O-].O=Cc1cccc(Br)c1. The van der Waals surface area contributed by atoms with Crippen molar-refractivity contribution >= 4 is 128 Å². The van der Waals surface area contributed by atoms with Gasteiger partial charge in [0.15, 0.2) is 6.29 Å². The van der Waals surface area contributed by atoms with E-state index in [1.54, 1.807) is 47.4 Å². The molecule has 0 atom stereocenters. The Morgan fingerprint density at radius 1 is 0.618 bits per heavy atom. The number of benzene rings is 5. The molecule has 5 aromatic carbocycles. The molecule has 24 nitrogen and oxygen atoms in total. The van der Waals surface area contributed by atoms with Crippen LogP contribution >= 0.6 is 63.7 Å². The lowest BCUT2D eigenvalue weighted by Crippen LogP contribution is -2.50. The molecule has 7 N–H and O–H groups in total. The van der Waals surface area contributed by atoms with Crippen LogP contribution < -0.4 is 27.4 Å². The van der Waals surface area contributed by atoms with E-state index in [-0.39, 0.29) is 78.6 Å². The van der Waals surface area contributed by atoms with Crippen LogP contribution in [0.2, 0.25) is 0 Å². The first kappa shape index (κ1) is 68.7. The van der Waals surface area contributed by atoms with Crippen LogP contribution in [-0.4, -0.2) is 86.9 Å². The molecule has 0 saturated carbocycles. The lowest BCUT2D eigenvalue weighted by atomic mass is 10.1. The molecule has 0 bridgehead atoms. The molecule has 0 aliphatic carbocycles. The Morgan fingerprint density at radius 2 is 1.05 bits per heavy atom. The van der Waals surface area contributed by atoms with E-state index in [0.29, 0.717) is 53.6 Å². The van der Waals surface area contributed by atoms with Gasteiger partial charge in [0.2, 0.25) is 11.8 Å². The Hall–Kier alpha value is -7.27. The molecule has 3 amide bonds. The summed E-state index contributed by atoms with van der Waals surface area (Å²) < 4.78 is 8.45. The van der Waals surface area contributed by atoms with E-state index in [0.717, 1.165) is 25.4 Å². The van der Waals surface area contributed by atoms with Gasteiger partial charge in [-0.1, -0.05) is 83.3 Å². The maximum absolute atomic E-state index is 12.1. The highest BCUT2D eigenvalue weighted by Gasteiger charge is 2.27. The van der Waals surface area contributed by atoms with Gasteiger partial charge in [-0.05, 0) is 81.4 Å². The van der Waals surface area contributed by atoms with Gasteiger partial charge in [-0.15, -0.1) is 0 Å². The molecule has 5 aromatic rings. The zero-order valence-electron chi connectivity index (χ0n) is 40.8. The van der Waals surface area contributed by atoms with Crippen molar-refractivity contribution in [1.29, 1.82) is 0 Å². The maximum atomic E-state index is 12.1. The number of ether oxygens (including phenoxy) is 1. The fraction of sp³-hybridized carbons (Fsp3) is 0.271. The molecular formula is C48H56Br4N10O14. The van der Waals surface area contributed by atoms with Gasteiger partial charge in [-0.2, -0.15) is 0 Å². The number of nitro groups is 4. The summed E-state index contributed by atoms with van der Waals surface area (Å²) in [6, 6.07) is 25.4. The van der Waals surface area contributed by atoms with Crippen molar-refractivity contribution in [2.45, 2.75) is 60.7 Å². The number of amides is 3. The third-order valence-corrected chi connectivity index (χ3v) is 11.3. The minimum Gasteiger partial charge on any atom is -0.444 e. The van der Waals surface area contributed by atoms with Crippen LogP contribution in [0.5, 0.6) is 0 Å². The Morgan fingerprint density at radius 3 is 1.47 bits per heavy atom. The third kappa shape index (κ3) is 24.8. The van der Waals surface area contributed by atoms with Crippen LogP contribution in [0.4, 0.5) is 38.9 Å². The Kier molecular flexibility index (Phi) is 30.4. The molecule has 410 valence electrons. The monoisotopic (exact) mass is 1310 g/mol. The lowest BCUT2D eigenvalue weighted by molar-refractivity contribution is -0.385. The fourth-order valence-corrected chi connectivity index (χ4v) is 7.52. The quantitative estimate of drug-likeness (QED) is 0.0413. The summed E-state index contributed by atoms with van der Waals surface area (Å²) in [5, 5.41) is 47.5. The van der Waals surface area contributed by atoms with Crippen LogP contribution in [0, 0.1) is 40.5 Å². The number of nitrogen functional groups attached to an aromatic ring is 1. The highest BCUT2D eigenvalue weighted by molar-refractivity contribution is 9.11. The van der Waals surface area contributed by atoms with Gasteiger partial charge in [0.25, 0.3) is 22.7 Å². The number of carbonyl (C=O) groups excluding carboxylic acids is 5. The predicted molar refractivity (Wildman–Crippen MR) is 302 cm³/mol. The maximum Gasteiger partial charge on any atom is 0.410 e. The second kappa shape index (κ2) is 33.6. The number of carbonyl (C=O) groups is 5. The van der Waals surface area contributed by atoms with Crippen molar-refractivity contribution in [2.24, 2.45) is 0 Å². The van der Waals surface area contributed by atoms with Crippen molar-refractivity contribution < 1.29 is 48.4 Å². The number of nitrogens with zero attached hydrogens (tertiary/aromatic N) is 6. The molecule has 0 radical (unpaired) electrons. The van der Waals surface area contributed by atoms with E-state index < -0.39 is 25.3 Å². The molecule has 0 spiro atoms. The van der Waals surface area contributed by atoms with Gasteiger partial charge in [0, 0.05) is 107 Å². The second-order valence-corrected chi connectivity index (χ2v) is 19.7. The zero-order chi connectivity index (χ0) is 55.9. The van der Waals surface area contributed by atoms with Crippen LogP contribution in [0.3, 0.4) is 0 Å². The number of hydrogen-bond acceptors (Lipinski definition) is 17. The second-order valence-electron chi connectivity index (χ2n) is 16.1. The molecule has 1 aliphatic rings. The van der Waals surface area contributed by atoms with Crippen LogP contribution in [0.25, 0.3) is 0 Å². The molecule has 0 aromatic heterocycles. The minimum absolute atomic E-state index is 0. The fourth-order valence-electron chi connectivity index (χ4n) is 5.93. The smallest absolute Gasteiger partial charge is 0.410 e. The van der Waals surface area contributed by atoms with Gasteiger partial charge >= 0.3 is 6.09 Å². The Labute approximate surface area is 470 Å². The number of piperazine rings is 1. The molecule has 28 heteroatoms. The number of aldehydes is 2. The molecular weight excluding hydrogens is 1260 g/mol. The number of nitro benzene ring substituents is 4. The van der Waals surface area contributed by atoms with Crippen molar-refractivity contribution in [3.05, 3.63) is 178 Å². The largest absolute Gasteiger partial charge is 0.444 e. The van der Waals surface area contributed by atoms with Gasteiger partial charge in [0.1, 0.15) is 17.6 Å². The number of nitrogens with one attached hydrogen (secondary N) is 2. The summed E-state index contributed by atoms with van der Waals surface area (Å²) in [6.45, 7) is 10.7. The van der Waals surface area contributed by atoms with E-state index in [4.69, 9.17) is 10.5 Å². The van der Waals surface area contributed by atoms with Crippen molar-refractivity contribution in [1.82, 2.24) is 21.7 Å². The number of halogens is 4. The normalized spacial score (nSPS) is 11.1. The summed E-state index contributed by atoms with van der Waals surface area (Å²) in [5.41, 5.74) is 7.25. The number of hydrogen-bond donors (Lipinski definition) is 4. The third-order valence-electron chi connectivity index (χ3n) is 9.33. The molecule has 0 unspecified atom stereocenters. The van der Waals surface area contributed by atoms with Crippen molar-refractivity contribution in [3.63, 3.8) is 0 Å². The molecule has 6 rings (SSSR count). The summed E-state index contributed by atoms with van der Waals surface area (Å²) in [7, 11) is 0. The zero-order valence-corrected chi connectivity index (χ0v) is 47.2. The molecule has 1 aliphatic heterocycles. The predicted octanol–water partition coefficient (Wildman–Crippen LogP) is 11.5. The number of nitrogens with two attached hydrogens (primary N) is 1. The number of anilines is 2. The van der Waals surface area contributed by atoms with Crippen LogP contribution in [0.15, 0.2) is 115 Å². The van der Waals surface area contributed by atoms with Gasteiger partial charge < -0.3 is 37.1 Å². The Balaban J connectivity index is 0.000000981. The van der Waals surface area contributed by atoms with Crippen molar-refractivity contribution in [3.8, 4) is 0 Å². The summed E-state index contributed by atoms with van der Waals surface area (Å²) in [5.74, 6) is -0.468. The average molecular weight is 1320 g/mol. The lowest BCUT2D eigenvalue weighted by Gasteiger charge is -2.36. The molecule has 1 fully saturated rings. The average Bonchev–Trinajstić information content (AvgIpc) is 3.32. The first-order valence-corrected chi connectivity index (χ1v) is 24.5. The highest BCUT2D eigenvalue weighted by atomic mass is 79.9. The van der Waals surface area contributed by atoms with E-state index in [2.05, 4.69) is 79.3 Å². The van der Waals surface area contributed by atoms with Gasteiger partial charge in [-0.25, -0.2) is 4.79 Å². The van der Waals surface area contributed by atoms with Crippen LogP contribution in [0.1, 0.15) is 73.9 Å². The first-order chi connectivity index (χ1) is 34.6. The molecule has 76 heavy (non-hydrogen) atoms. The highest BCUT2D eigenvalue weighted by Crippen LogP contribution is 2.28. The number of rotatable bonds is 11. The van der Waals surface area contributed by atoms with Gasteiger partial charge in [-0.3, -0.25) is 59.6 Å². The van der Waals surface area contributed by atoms with E-state index in [9.17, 15) is 64.4 Å². The first-order valence-electron chi connectivity index (χ1n) is 21.4. The summed E-state index contributed by atoms with van der Waals surface area (Å²) >= 11 is 12.7. The molecule has 1 heterocycles. The summed E-state index contributed by atoms with van der Waals surface area (Å²) in [4.78, 5) is 98.6. The minimum atomic E-state index is -0.587. The Bertz CT molecular complexity index is 2850. The van der Waals surface area contributed by atoms with Crippen molar-refractivity contribution in [2.75, 3.05) is 36.8 Å². The van der Waals surface area contributed by atoms with E-state index in [1.165, 1.54) is 56.3 Å². The summed E-state index contributed by atoms with van der Waals surface area (Å²) in [6.07, 6.45) is 0.949. The van der Waals surface area contributed by atoms with E-state index in [1.807, 2.05) is 32.9 Å². The van der Waals surface area contributed by atoms with Gasteiger partial charge in [0.05, 0.1) is 36.4 Å².